The molecule has 0 aliphatic rings. The maximum atomic E-state index is 10.2. The first-order valence-corrected chi connectivity index (χ1v) is 5.74. The van der Waals surface area contributed by atoms with Crippen LogP contribution in [0, 0.1) is 20.8 Å². The van der Waals surface area contributed by atoms with Gasteiger partial charge >= 0.3 is 0 Å². The number of rotatable bonds is 3. The minimum atomic E-state index is -0.763. The lowest BCUT2D eigenvalue weighted by Crippen LogP contribution is -2.37. The molecule has 2 N–H and O–H groups in total. The number of aryl methyl sites for hydroxylation is 3. The molecule has 1 aromatic rings. The Morgan fingerprint density at radius 3 is 2.00 bits per heavy atom. The van der Waals surface area contributed by atoms with Crippen LogP contribution in [0.4, 0.5) is 0 Å². The molecule has 0 aromatic heterocycles. The van der Waals surface area contributed by atoms with Gasteiger partial charge in [-0.15, -0.1) is 0 Å². The topological polar surface area (TPSA) is 32.3 Å². The second kappa shape index (κ2) is 4.56. The molecule has 0 aliphatic heterocycles. The zero-order valence-corrected chi connectivity index (χ0v) is 11.2. The molecular formula is C14H23NO. The van der Waals surface area contributed by atoms with Gasteiger partial charge in [-0.25, -0.2) is 0 Å². The van der Waals surface area contributed by atoms with E-state index in [2.05, 4.69) is 38.2 Å². The first-order valence-electron chi connectivity index (χ1n) is 5.74. The molecule has 0 radical (unpaired) electrons. The summed E-state index contributed by atoms with van der Waals surface area (Å²) in [5.74, 6) is 0. The van der Waals surface area contributed by atoms with Gasteiger partial charge in [0.25, 0.3) is 0 Å². The molecule has 2 heteroatoms. The third-order valence-corrected chi connectivity index (χ3v) is 3.19. The Hall–Kier alpha value is -0.860. The molecule has 0 fully saturated rings. The number of nitrogens with one attached hydrogen (secondary N) is 1. The smallest absolute Gasteiger partial charge is 0.0785 e. The van der Waals surface area contributed by atoms with E-state index < -0.39 is 5.60 Å². The first kappa shape index (κ1) is 13.2. The van der Waals surface area contributed by atoms with E-state index in [0.29, 0.717) is 0 Å². The quantitative estimate of drug-likeness (QED) is 0.822. The second-order valence-electron chi connectivity index (χ2n) is 5.17. The van der Waals surface area contributed by atoms with E-state index in [1.54, 1.807) is 0 Å². The van der Waals surface area contributed by atoms with E-state index >= 15 is 0 Å². The molecule has 1 rings (SSSR count). The van der Waals surface area contributed by atoms with Crippen LogP contribution in [-0.2, 0) is 0 Å². The molecule has 1 unspecified atom stereocenters. The monoisotopic (exact) mass is 221 g/mol. The third kappa shape index (κ3) is 2.63. The van der Waals surface area contributed by atoms with Crippen LogP contribution in [0.1, 0.15) is 42.1 Å². The van der Waals surface area contributed by atoms with Crippen molar-refractivity contribution in [2.45, 2.75) is 46.3 Å². The molecular weight excluding hydrogens is 198 g/mol. The molecule has 2 nitrogen and oxygen atoms in total. The molecule has 1 atom stereocenters. The summed E-state index contributed by atoms with van der Waals surface area (Å²) in [5, 5.41) is 13.3. The van der Waals surface area contributed by atoms with Gasteiger partial charge in [0.1, 0.15) is 0 Å². The highest BCUT2D eigenvalue weighted by Gasteiger charge is 2.28. The van der Waals surface area contributed by atoms with Crippen LogP contribution in [0.25, 0.3) is 0 Å². The van der Waals surface area contributed by atoms with Crippen molar-refractivity contribution in [2.75, 3.05) is 7.05 Å². The van der Waals surface area contributed by atoms with Crippen LogP contribution >= 0.6 is 0 Å². The summed E-state index contributed by atoms with van der Waals surface area (Å²) in [5.41, 5.74) is 4.21. The fourth-order valence-corrected chi connectivity index (χ4v) is 2.18. The predicted octanol–water partition coefficient (Wildman–Crippen LogP) is 2.64. The fourth-order valence-electron chi connectivity index (χ4n) is 2.18. The van der Waals surface area contributed by atoms with E-state index in [1.165, 1.54) is 22.3 Å². The summed E-state index contributed by atoms with van der Waals surface area (Å²) < 4.78 is 0. The summed E-state index contributed by atoms with van der Waals surface area (Å²) >= 11 is 0. The van der Waals surface area contributed by atoms with Crippen molar-refractivity contribution >= 4 is 0 Å². The molecule has 0 bridgehead atoms. The van der Waals surface area contributed by atoms with Gasteiger partial charge in [0.2, 0.25) is 0 Å². The van der Waals surface area contributed by atoms with Gasteiger partial charge in [0.15, 0.2) is 0 Å². The van der Waals surface area contributed by atoms with Gasteiger partial charge in [0, 0.05) is 0 Å². The first-order chi connectivity index (χ1) is 7.27. The van der Waals surface area contributed by atoms with Gasteiger partial charge in [-0.05, 0) is 63.9 Å². The Balaban J connectivity index is 3.26. The van der Waals surface area contributed by atoms with Crippen LogP contribution in [0.5, 0.6) is 0 Å². The summed E-state index contributed by atoms with van der Waals surface area (Å²) in [7, 11) is 1.89. The Morgan fingerprint density at radius 1 is 1.06 bits per heavy atom. The highest BCUT2D eigenvalue weighted by Crippen LogP contribution is 2.29. The SMILES string of the molecule is CNC(c1cc(C)c(C)cc1C)C(C)(C)O. The average Bonchev–Trinajstić information content (AvgIpc) is 2.12. The lowest BCUT2D eigenvalue weighted by atomic mass is 9.87. The lowest BCUT2D eigenvalue weighted by molar-refractivity contribution is 0.0398. The molecule has 0 amide bonds. The van der Waals surface area contributed by atoms with Gasteiger partial charge in [0.05, 0.1) is 11.6 Å². The zero-order valence-electron chi connectivity index (χ0n) is 11.2. The predicted molar refractivity (Wildman–Crippen MR) is 68.8 cm³/mol. The summed E-state index contributed by atoms with van der Waals surface area (Å²) in [4.78, 5) is 0. The van der Waals surface area contributed by atoms with Crippen LogP contribution in [0.3, 0.4) is 0 Å². The van der Waals surface area contributed by atoms with E-state index in [4.69, 9.17) is 0 Å². The van der Waals surface area contributed by atoms with Crippen LogP contribution in [-0.4, -0.2) is 17.8 Å². The summed E-state index contributed by atoms with van der Waals surface area (Å²) in [6.07, 6.45) is 0. The van der Waals surface area contributed by atoms with Crippen molar-refractivity contribution in [3.63, 3.8) is 0 Å². The van der Waals surface area contributed by atoms with E-state index in [1.807, 2.05) is 20.9 Å². The zero-order chi connectivity index (χ0) is 12.5. The molecule has 0 heterocycles. The largest absolute Gasteiger partial charge is 0.388 e. The van der Waals surface area contributed by atoms with Crippen LogP contribution in [0.15, 0.2) is 12.1 Å². The standard InChI is InChI=1S/C14H23NO/c1-9-7-11(3)12(8-10(9)2)13(15-6)14(4,5)16/h7-8,13,15-16H,1-6H3. The number of aliphatic hydroxyl groups is 1. The van der Waals surface area contributed by atoms with E-state index in [9.17, 15) is 5.11 Å². The maximum absolute atomic E-state index is 10.2. The lowest BCUT2D eigenvalue weighted by Gasteiger charge is -2.31. The number of hydrogen-bond acceptors (Lipinski definition) is 2. The van der Waals surface area contributed by atoms with Crippen molar-refractivity contribution in [1.29, 1.82) is 0 Å². The fraction of sp³-hybridized carbons (Fsp3) is 0.571. The number of hydrogen-bond donors (Lipinski definition) is 2. The number of benzene rings is 1. The Morgan fingerprint density at radius 2 is 1.56 bits per heavy atom. The molecule has 1 aromatic carbocycles. The van der Waals surface area contributed by atoms with Crippen LogP contribution < -0.4 is 5.32 Å². The van der Waals surface area contributed by atoms with Crippen molar-refractivity contribution in [3.05, 3.63) is 34.4 Å². The normalized spacial score (nSPS) is 13.9. The molecule has 90 valence electrons. The summed E-state index contributed by atoms with van der Waals surface area (Å²) in [6, 6.07) is 4.32. The third-order valence-electron chi connectivity index (χ3n) is 3.19. The average molecular weight is 221 g/mol. The van der Waals surface area contributed by atoms with Gasteiger partial charge in [-0.3, -0.25) is 0 Å². The second-order valence-corrected chi connectivity index (χ2v) is 5.17. The minimum Gasteiger partial charge on any atom is -0.388 e. The van der Waals surface area contributed by atoms with E-state index in [-0.39, 0.29) is 6.04 Å². The Kier molecular flexibility index (Phi) is 3.76. The van der Waals surface area contributed by atoms with Crippen molar-refractivity contribution < 1.29 is 5.11 Å². The highest BCUT2D eigenvalue weighted by atomic mass is 16.3. The van der Waals surface area contributed by atoms with Crippen molar-refractivity contribution in [3.8, 4) is 0 Å². The van der Waals surface area contributed by atoms with Crippen LogP contribution in [0.2, 0.25) is 0 Å². The van der Waals surface area contributed by atoms with Crippen molar-refractivity contribution in [2.24, 2.45) is 0 Å². The maximum Gasteiger partial charge on any atom is 0.0785 e. The Bertz CT molecular complexity index is 377. The van der Waals surface area contributed by atoms with Gasteiger partial charge in [-0.2, -0.15) is 0 Å². The Labute approximate surface area is 98.7 Å². The molecule has 0 spiro atoms. The van der Waals surface area contributed by atoms with E-state index in [0.717, 1.165) is 0 Å². The van der Waals surface area contributed by atoms with Gasteiger partial charge < -0.3 is 10.4 Å². The molecule has 0 saturated heterocycles. The molecule has 16 heavy (non-hydrogen) atoms. The molecule has 0 aliphatic carbocycles. The number of likely N-dealkylation sites (N-methyl/N-ethyl adjacent to an activating group) is 1. The molecule has 0 saturated carbocycles. The minimum absolute atomic E-state index is 0.0354. The summed E-state index contributed by atoms with van der Waals surface area (Å²) in [6.45, 7) is 9.99. The van der Waals surface area contributed by atoms with Crippen molar-refractivity contribution in [1.82, 2.24) is 5.32 Å². The van der Waals surface area contributed by atoms with Gasteiger partial charge in [-0.1, -0.05) is 12.1 Å². The highest BCUT2D eigenvalue weighted by molar-refractivity contribution is 5.39.